The highest BCUT2D eigenvalue weighted by molar-refractivity contribution is 5.41. The minimum atomic E-state index is 0.809. The molecule has 0 heteroatoms. The number of rotatable bonds is 1. The summed E-state index contributed by atoms with van der Waals surface area (Å²) >= 11 is 0. The van der Waals surface area contributed by atoms with E-state index in [9.17, 15) is 0 Å². The highest BCUT2D eigenvalue weighted by atomic mass is 14.6. The van der Waals surface area contributed by atoms with Crippen LogP contribution in [0.25, 0.3) is 0 Å². The molecule has 0 radical (unpaired) electrons. The molecule has 74 valence electrons. The molecule has 5 atom stereocenters. The third kappa shape index (κ3) is 0.776. The number of terminal acetylenes is 1. The summed E-state index contributed by atoms with van der Waals surface area (Å²) in [7, 11) is 0. The van der Waals surface area contributed by atoms with Crippen molar-refractivity contribution in [2.45, 2.75) is 33.1 Å². The third-order valence-corrected chi connectivity index (χ3v) is 5.08. The van der Waals surface area contributed by atoms with Crippen molar-refractivity contribution in [3.05, 3.63) is 11.1 Å². The first kappa shape index (κ1) is 8.60. The van der Waals surface area contributed by atoms with Crippen LogP contribution in [-0.2, 0) is 0 Å². The number of hydrogen-bond donors (Lipinski definition) is 0. The lowest BCUT2D eigenvalue weighted by atomic mass is 9.63. The molecule has 0 nitrogen and oxygen atoms in total. The lowest BCUT2D eigenvalue weighted by molar-refractivity contribution is 0.162. The smallest absolute Gasteiger partial charge is 0.00436 e. The molecule has 0 aliphatic heterocycles. The van der Waals surface area contributed by atoms with Gasteiger partial charge in [0.15, 0.2) is 0 Å². The molecule has 4 aliphatic rings. The van der Waals surface area contributed by atoms with Gasteiger partial charge in [-0.1, -0.05) is 24.8 Å². The summed E-state index contributed by atoms with van der Waals surface area (Å²) in [5.41, 5.74) is 2.91. The van der Waals surface area contributed by atoms with Crippen molar-refractivity contribution in [2.24, 2.45) is 29.6 Å². The summed E-state index contributed by atoms with van der Waals surface area (Å²) < 4.78 is 0. The average Bonchev–Trinajstić information content (AvgIpc) is 2.60. The fourth-order valence-corrected chi connectivity index (χ4v) is 4.55. The van der Waals surface area contributed by atoms with Gasteiger partial charge in [0.1, 0.15) is 0 Å². The largest absolute Gasteiger partial charge is 0.115 e. The molecule has 0 spiro atoms. The summed E-state index contributed by atoms with van der Waals surface area (Å²) in [5.74, 6) is 7.69. The van der Waals surface area contributed by atoms with Gasteiger partial charge in [-0.3, -0.25) is 0 Å². The van der Waals surface area contributed by atoms with Crippen molar-refractivity contribution in [3.8, 4) is 12.3 Å². The van der Waals surface area contributed by atoms with Gasteiger partial charge < -0.3 is 0 Å². The van der Waals surface area contributed by atoms with Crippen LogP contribution in [0.1, 0.15) is 33.1 Å². The second kappa shape index (κ2) is 2.66. The molecule has 0 amide bonds. The first-order chi connectivity index (χ1) is 6.77. The van der Waals surface area contributed by atoms with Crippen LogP contribution in [0, 0.1) is 41.9 Å². The van der Waals surface area contributed by atoms with Crippen molar-refractivity contribution < 1.29 is 0 Å². The van der Waals surface area contributed by atoms with Crippen molar-refractivity contribution in [2.75, 3.05) is 0 Å². The molecule has 3 unspecified atom stereocenters. The quantitative estimate of drug-likeness (QED) is 0.551. The zero-order valence-electron chi connectivity index (χ0n) is 9.09. The van der Waals surface area contributed by atoms with E-state index >= 15 is 0 Å². The predicted octanol–water partition coefficient (Wildman–Crippen LogP) is 3.25. The van der Waals surface area contributed by atoms with E-state index in [0.717, 1.165) is 29.6 Å². The van der Waals surface area contributed by atoms with E-state index in [4.69, 9.17) is 6.42 Å². The second-order valence-electron chi connectivity index (χ2n) is 5.37. The Balaban J connectivity index is 2.00. The first-order valence-electron chi connectivity index (χ1n) is 5.94. The lowest BCUT2D eigenvalue weighted by Gasteiger charge is -2.41. The maximum absolute atomic E-state index is 5.64. The van der Waals surface area contributed by atoms with E-state index < -0.39 is 0 Å². The van der Waals surface area contributed by atoms with Crippen LogP contribution in [0.2, 0.25) is 0 Å². The lowest BCUT2D eigenvalue weighted by Crippen LogP contribution is -2.34. The van der Waals surface area contributed by atoms with Gasteiger partial charge in [0, 0.05) is 5.57 Å². The van der Waals surface area contributed by atoms with E-state index in [1.807, 2.05) is 0 Å². The fourth-order valence-electron chi connectivity index (χ4n) is 4.55. The summed E-state index contributed by atoms with van der Waals surface area (Å²) in [6, 6.07) is 0. The second-order valence-corrected chi connectivity index (χ2v) is 5.37. The van der Waals surface area contributed by atoms with E-state index in [1.165, 1.54) is 30.4 Å². The molecular weight excluding hydrogens is 168 g/mol. The molecule has 0 N–H and O–H groups in total. The van der Waals surface area contributed by atoms with Gasteiger partial charge in [0.2, 0.25) is 0 Å². The Hall–Kier alpha value is -0.700. The molecule has 3 saturated carbocycles. The molecule has 4 aliphatic carbocycles. The van der Waals surface area contributed by atoms with Crippen molar-refractivity contribution in [1.29, 1.82) is 0 Å². The molecule has 4 rings (SSSR count). The Kier molecular flexibility index (Phi) is 1.63. The van der Waals surface area contributed by atoms with Crippen LogP contribution >= 0.6 is 0 Å². The normalized spacial score (nSPS) is 48.8. The van der Waals surface area contributed by atoms with Crippen LogP contribution in [0.15, 0.2) is 11.1 Å². The molecule has 0 saturated heterocycles. The van der Waals surface area contributed by atoms with Gasteiger partial charge in [-0.05, 0) is 49.4 Å². The SMILES string of the molecule is C#CC1=C(C)C[C@H]2C3C[C@H](C13)C2CC. The first-order valence-corrected chi connectivity index (χ1v) is 5.94. The summed E-state index contributed by atoms with van der Waals surface area (Å²) in [5, 5.41) is 0. The molecule has 0 aromatic carbocycles. The van der Waals surface area contributed by atoms with Crippen molar-refractivity contribution >= 4 is 0 Å². The Morgan fingerprint density at radius 2 is 2.14 bits per heavy atom. The zero-order chi connectivity index (χ0) is 9.87. The maximum Gasteiger partial charge on any atom is 0.00436 e. The van der Waals surface area contributed by atoms with Crippen LogP contribution in [0.5, 0.6) is 0 Å². The molecule has 0 aromatic heterocycles. The zero-order valence-corrected chi connectivity index (χ0v) is 9.09. The van der Waals surface area contributed by atoms with Crippen LogP contribution in [0.3, 0.4) is 0 Å². The average molecular weight is 186 g/mol. The Bertz CT molecular complexity index is 342. The fraction of sp³-hybridized carbons (Fsp3) is 0.714. The maximum atomic E-state index is 5.64. The van der Waals surface area contributed by atoms with Gasteiger partial charge >= 0.3 is 0 Å². The van der Waals surface area contributed by atoms with E-state index in [1.54, 1.807) is 0 Å². The molecule has 0 aromatic rings. The van der Waals surface area contributed by atoms with Gasteiger partial charge in [0.25, 0.3) is 0 Å². The molecule has 14 heavy (non-hydrogen) atoms. The Morgan fingerprint density at radius 3 is 2.79 bits per heavy atom. The minimum Gasteiger partial charge on any atom is -0.115 e. The predicted molar refractivity (Wildman–Crippen MR) is 58.5 cm³/mol. The molecule has 0 heterocycles. The highest BCUT2D eigenvalue weighted by Gasteiger charge is 2.60. The number of hydrogen-bond acceptors (Lipinski definition) is 0. The minimum absolute atomic E-state index is 0.809. The monoisotopic (exact) mass is 186 g/mol. The topological polar surface area (TPSA) is 0 Å². The van der Waals surface area contributed by atoms with Gasteiger partial charge in [-0.15, -0.1) is 6.42 Å². The third-order valence-electron chi connectivity index (χ3n) is 5.08. The summed E-state index contributed by atoms with van der Waals surface area (Å²) in [6.07, 6.45) is 9.79. The summed E-state index contributed by atoms with van der Waals surface area (Å²) in [6.45, 7) is 4.61. The van der Waals surface area contributed by atoms with Crippen molar-refractivity contribution in [3.63, 3.8) is 0 Å². The van der Waals surface area contributed by atoms with Crippen molar-refractivity contribution in [1.82, 2.24) is 0 Å². The van der Waals surface area contributed by atoms with Crippen LogP contribution in [-0.4, -0.2) is 0 Å². The Morgan fingerprint density at radius 1 is 1.36 bits per heavy atom. The molecule has 3 fully saturated rings. The van der Waals surface area contributed by atoms with E-state index in [0.29, 0.717) is 0 Å². The molecular formula is C14H18. The van der Waals surface area contributed by atoms with E-state index in [-0.39, 0.29) is 0 Å². The van der Waals surface area contributed by atoms with Gasteiger partial charge in [0.05, 0.1) is 0 Å². The van der Waals surface area contributed by atoms with Crippen LogP contribution in [0.4, 0.5) is 0 Å². The Labute approximate surface area is 86.8 Å². The van der Waals surface area contributed by atoms with Gasteiger partial charge in [-0.2, -0.15) is 0 Å². The highest BCUT2D eigenvalue weighted by Crippen LogP contribution is 2.67. The molecule has 4 bridgehead atoms. The summed E-state index contributed by atoms with van der Waals surface area (Å²) in [4.78, 5) is 0. The van der Waals surface area contributed by atoms with Crippen LogP contribution < -0.4 is 0 Å². The standard InChI is InChI=1S/C14H18/c1-4-9-8(3)6-11-10(5-2)12-7-13(11)14(9)12/h1,10-14H,5-7H2,2-3H3/t10?,11-,12+,13?,14?/m1/s1. The number of allylic oxidation sites excluding steroid dienone is 2. The van der Waals surface area contributed by atoms with Gasteiger partial charge in [-0.25, -0.2) is 0 Å². The van der Waals surface area contributed by atoms with E-state index in [2.05, 4.69) is 19.8 Å².